The summed E-state index contributed by atoms with van der Waals surface area (Å²) in [7, 11) is 0. The third-order valence-electron chi connectivity index (χ3n) is 4.22. The van der Waals surface area contributed by atoms with E-state index in [1.807, 2.05) is 0 Å². The highest BCUT2D eigenvalue weighted by molar-refractivity contribution is 6.03. The van der Waals surface area contributed by atoms with Crippen LogP contribution in [-0.4, -0.2) is 27.8 Å². The van der Waals surface area contributed by atoms with Crippen molar-refractivity contribution in [3.63, 3.8) is 0 Å². The van der Waals surface area contributed by atoms with Crippen molar-refractivity contribution in [3.05, 3.63) is 41.9 Å². The van der Waals surface area contributed by atoms with Gasteiger partial charge >= 0.3 is 0 Å². The number of hydrogen-bond acceptors (Lipinski definition) is 5. The molecule has 3 rings (SSSR count). The van der Waals surface area contributed by atoms with Crippen LogP contribution in [0.15, 0.2) is 30.3 Å². The van der Waals surface area contributed by atoms with Gasteiger partial charge < -0.3 is 16.0 Å². The van der Waals surface area contributed by atoms with E-state index in [1.54, 1.807) is 37.3 Å². The smallest absolute Gasteiger partial charge is 0.274 e. The number of amides is 2. The molecular weight excluding hydrogens is 330 g/mol. The fraction of sp³-hybridized carbons (Fsp3) is 0.368. The zero-order valence-electron chi connectivity index (χ0n) is 15.0. The molecule has 0 spiro atoms. The lowest BCUT2D eigenvalue weighted by Gasteiger charge is -2.14. The highest BCUT2D eigenvalue weighted by atomic mass is 16.2. The number of carbonyl (C=O) groups is 2. The molecule has 0 bridgehead atoms. The van der Waals surface area contributed by atoms with Gasteiger partial charge in [-0.1, -0.05) is 18.9 Å². The van der Waals surface area contributed by atoms with Crippen molar-refractivity contribution >= 4 is 29.0 Å². The van der Waals surface area contributed by atoms with E-state index in [2.05, 4.69) is 25.9 Å². The van der Waals surface area contributed by atoms with E-state index in [-0.39, 0.29) is 11.8 Å². The number of rotatable bonds is 5. The molecule has 1 aliphatic rings. The van der Waals surface area contributed by atoms with E-state index in [0.717, 1.165) is 12.8 Å². The summed E-state index contributed by atoms with van der Waals surface area (Å²) < 4.78 is 0. The predicted molar refractivity (Wildman–Crippen MR) is 101 cm³/mol. The maximum atomic E-state index is 12.6. The molecule has 1 fully saturated rings. The molecule has 0 unspecified atom stereocenters. The largest absolute Gasteiger partial charge is 0.367 e. The van der Waals surface area contributed by atoms with Gasteiger partial charge in [0.2, 0.25) is 5.91 Å². The van der Waals surface area contributed by atoms with Crippen LogP contribution in [0, 0.1) is 6.92 Å². The maximum Gasteiger partial charge on any atom is 0.274 e. The summed E-state index contributed by atoms with van der Waals surface area (Å²) in [5.41, 5.74) is 1.52. The van der Waals surface area contributed by atoms with Crippen LogP contribution in [0.3, 0.4) is 0 Å². The van der Waals surface area contributed by atoms with Crippen molar-refractivity contribution in [3.8, 4) is 0 Å². The van der Waals surface area contributed by atoms with Crippen molar-refractivity contribution in [1.82, 2.24) is 9.97 Å². The Morgan fingerprint density at radius 3 is 2.42 bits per heavy atom. The zero-order chi connectivity index (χ0) is 18.5. The van der Waals surface area contributed by atoms with E-state index in [1.165, 1.54) is 19.8 Å². The highest BCUT2D eigenvalue weighted by Gasteiger charge is 2.17. The molecule has 7 nitrogen and oxygen atoms in total. The van der Waals surface area contributed by atoms with Crippen molar-refractivity contribution in [2.75, 3.05) is 16.0 Å². The minimum Gasteiger partial charge on any atom is -0.367 e. The molecule has 1 aromatic carbocycles. The Labute approximate surface area is 152 Å². The second kappa shape index (κ2) is 7.95. The first kappa shape index (κ1) is 17.8. The number of anilines is 3. The predicted octanol–water partition coefficient (Wildman–Crippen LogP) is 3.35. The van der Waals surface area contributed by atoms with Crippen LogP contribution in [0.4, 0.5) is 17.2 Å². The van der Waals surface area contributed by atoms with Crippen molar-refractivity contribution in [2.45, 2.75) is 45.6 Å². The van der Waals surface area contributed by atoms with Gasteiger partial charge in [-0.2, -0.15) is 0 Å². The zero-order valence-corrected chi connectivity index (χ0v) is 15.0. The number of nitrogens with zero attached hydrogens (tertiary/aromatic N) is 2. The monoisotopic (exact) mass is 353 g/mol. The van der Waals surface area contributed by atoms with Crippen LogP contribution >= 0.6 is 0 Å². The van der Waals surface area contributed by atoms with E-state index in [0.29, 0.717) is 34.8 Å². The fourth-order valence-corrected chi connectivity index (χ4v) is 3.11. The molecular formula is C19H23N5O2. The van der Waals surface area contributed by atoms with Gasteiger partial charge in [0.1, 0.15) is 17.3 Å². The highest BCUT2D eigenvalue weighted by Crippen LogP contribution is 2.22. The van der Waals surface area contributed by atoms with Crippen LogP contribution in [0.1, 0.15) is 48.9 Å². The average molecular weight is 353 g/mol. The van der Waals surface area contributed by atoms with Crippen LogP contribution in [0.2, 0.25) is 0 Å². The van der Waals surface area contributed by atoms with Crippen LogP contribution in [0.5, 0.6) is 0 Å². The minimum absolute atomic E-state index is 0.164. The molecule has 0 atom stereocenters. The Hall–Kier alpha value is -2.96. The quantitative estimate of drug-likeness (QED) is 0.766. The summed E-state index contributed by atoms with van der Waals surface area (Å²) in [5.74, 6) is 0.749. The van der Waals surface area contributed by atoms with Gasteiger partial charge in [-0.25, -0.2) is 9.97 Å². The fourth-order valence-electron chi connectivity index (χ4n) is 3.11. The Kier molecular flexibility index (Phi) is 5.46. The van der Waals surface area contributed by atoms with Crippen molar-refractivity contribution in [1.29, 1.82) is 0 Å². The van der Waals surface area contributed by atoms with Gasteiger partial charge in [0.25, 0.3) is 5.91 Å². The molecule has 1 aromatic heterocycles. The van der Waals surface area contributed by atoms with Crippen LogP contribution in [0.25, 0.3) is 0 Å². The molecule has 7 heteroatoms. The first-order valence-electron chi connectivity index (χ1n) is 8.81. The summed E-state index contributed by atoms with van der Waals surface area (Å²) in [4.78, 5) is 32.4. The molecule has 0 aliphatic heterocycles. The normalized spacial score (nSPS) is 14.1. The summed E-state index contributed by atoms with van der Waals surface area (Å²) in [5, 5.41) is 8.90. The second-order valence-corrected chi connectivity index (χ2v) is 6.53. The van der Waals surface area contributed by atoms with Crippen LogP contribution in [-0.2, 0) is 4.79 Å². The standard InChI is InChI=1S/C19H23N5O2/c1-12-20-17(11-18(21-12)23-14-6-3-4-7-14)19(26)24-16-9-5-8-15(10-16)22-13(2)25/h5,8-11,14H,3-4,6-7H2,1-2H3,(H,22,25)(H,24,26)(H,20,21,23). The molecule has 1 saturated carbocycles. The van der Waals surface area contributed by atoms with Gasteiger partial charge in [0.05, 0.1) is 0 Å². The van der Waals surface area contributed by atoms with Crippen molar-refractivity contribution < 1.29 is 9.59 Å². The first-order chi connectivity index (χ1) is 12.5. The summed E-state index contributed by atoms with van der Waals surface area (Å²) in [6.45, 7) is 3.21. The minimum atomic E-state index is -0.315. The Morgan fingerprint density at radius 1 is 1.04 bits per heavy atom. The molecule has 3 N–H and O–H groups in total. The van der Waals surface area contributed by atoms with Gasteiger partial charge in [-0.05, 0) is 38.0 Å². The molecule has 1 heterocycles. The number of aromatic nitrogens is 2. The lowest BCUT2D eigenvalue weighted by Crippen LogP contribution is -2.19. The summed E-state index contributed by atoms with van der Waals surface area (Å²) >= 11 is 0. The van der Waals surface area contributed by atoms with E-state index < -0.39 is 0 Å². The van der Waals surface area contributed by atoms with Crippen LogP contribution < -0.4 is 16.0 Å². The topological polar surface area (TPSA) is 96.0 Å². The summed E-state index contributed by atoms with van der Waals surface area (Å²) in [6.07, 6.45) is 4.69. The second-order valence-electron chi connectivity index (χ2n) is 6.53. The lowest BCUT2D eigenvalue weighted by molar-refractivity contribution is -0.114. The third kappa shape index (κ3) is 4.78. The third-order valence-corrected chi connectivity index (χ3v) is 4.22. The van der Waals surface area contributed by atoms with Crippen molar-refractivity contribution in [2.24, 2.45) is 0 Å². The Balaban J connectivity index is 1.73. The van der Waals surface area contributed by atoms with Gasteiger partial charge in [-0.15, -0.1) is 0 Å². The molecule has 0 radical (unpaired) electrons. The number of nitrogens with one attached hydrogen (secondary N) is 3. The summed E-state index contributed by atoms with van der Waals surface area (Å²) in [6, 6.07) is 9.07. The van der Waals surface area contributed by atoms with Gasteiger partial charge in [-0.3, -0.25) is 9.59 Å². The van der Waals surface area contributed by atoms with E-state index in [4.69, 9.17) is 0 Å². The van der Waals surface area contributed by atoms with Gasteiger partial charge in [0.15, 0.2) is 0 Å². The molecule has 136 valence electrons. The molecule has 2 aromatic rings. The van der Waals surface area contributed by atoms with Gasteiger partial charge in [0, 0.05) is 30.4 Å². The SMILES string of the molecule is CC(=O)Nc1cccc(NC(=O)c2cc(NC3CCCC3)nc(C)n2)c1. The number of benzene rings is 1. The van der Waals surface area contributed by atoms with E-state index in [9.17, 15) is 9.59 Å². The lowest BCUT2D eigenvalue weighted by atomic mass is 10.2. The number of hydrogen-bond donors (Lipinski definition) is 3. The maximum absolute atomic E-state index is 12.6. The first-order valence-corrected chi connectivity index (χ1v) is 8.81. The molecule has 26 heavy (non-hydrogen) atoms. The number of aryl methyl sites for hydroxylation is 1. The molecule has 2 amide bonds. The van der Waals surface area contributed by atoms with E-state index >= 15 is 0 Å². The molecule has 0 saturated heterocycles. The Morgan fingerprint density at radius 2 is 1.73 bits per heavy atom. The Bertz CT molecular complexity index is 815. The average Bonchev–Trinajstić information content (AvgIpc) is 3.07. The number of carbonyl (C=O) groups excluding carboxylic acids is 2. The molecule has 1 aliphatic carbocycles.